The molecular weight excluding hydrogens is 148 g/mol. The minimum absolute atomic E-state index is 0.0740. The van der Waals surface area contributed by atoms with Gasteiger partial charge in [-0.25, -0.2) is 0 Å². The Balaban J connectivity index is 4.41. The van der Waals surface area contributed by atoms with Crippen LogP contribution in [0.2, 0.25) is 0 Å². The van der Waals surface area contributed by atoms with E-state index >= 15 is 0 Å². The molecule has 0 aliphatic heterocycles. The van der Waals surface area contributed by atoms with Crippen molar-refractivity contribution >= 4 is 5.78 Å². The zero-order valence-corrected chi connectivity index (χ0v) is 9.11. The first-order chi connectivity index (χ1) is 5.51. The Labute approximate surface area is 76.6 Å². The van der Waals surface area contributed by atoms with Gasteiger partial charge in [-0.05, 0) is 19.3 Å². The summed E-state index contributed by atoms with van der Waals surface area (Å²) in [4.78, 5) is 11.9. The van der Waals surface area contributed by atoms with Crippen molar-refractivity contribution in [2.75, 3.05) is 0 Å². The minimum atomic E-state index is -0.0740. The number of hydrogen-bond acceptors (Lipinski definition) is 1. The van der Waals surface area contributed by atoms with Gasteiger partial charge in [0.25, 0.3) is 0 Å². The fourth-order valence-corrected chi connectivity index (χ4v) is 1.38. The van der Waals surface area contributed by atoms with Gasteiger partial charge in [0.05, 0.1) is 0 Å². The van der Waals surface area contributed by atoms with Crippen molar-refractivity contribution in [1.29, 1.82) is 0 Å². The van der Waals surface area contributed by atoms with Crippen molar-refractivity contribution < 1.29 is 4.79 Å². The highest BCUT2D eigenvalue weighted by Gasteiger charge is 2.31. The zero-order chi connectivity index (χ0) is 9.78. The lowest BCUT2D eigenvalue weighted by Crippen LogP contribution is -2.31. The van der Waals surface area contributed by atoms with Gasteiger partial charge in [0.2, 0.25) is 0 Å². The highest BCUT2D eigenvalue weighted by Crippen LogP contribution is 2.30. The largest absolute Gasteiger partial charge is 0.299 e. The smallest absolute Gasteiger partial charge is 0.141 e. The third-order valence-electron chi connectivity index (χ3n) is 3.22. The molecule has 0 aliphatic rings. The molecule has 0 bridgehead atoms. The molecule has 0 radical (unpaired) electrons. The number of Topliss-reactive ketones (excluding diaryl/α,β-unsaturated/α-hetero) is 1. The number of ketones is 1. The first kappa shape index (κ1) is 11.7. The van der Waals surface area contributed by atoms with Crippen LogP contribution >= 0.6 is 0 Å². The van der Waals surface area contributed by atoms with E-state index in [1.54, 1.807) is 0 Å². The van der Waals surface area contributed by atoms with Crippen LogP contribution < -0.4 is 0 Å². The van der Waals surface area contributed by atoms with Crippen molar-refractivity contribution in [3.8, 4) is 0 Å². The lowest BCUT2D eigenvalue weighted by Gasteiger charge is -2.27. The molecule has 0 aromatic rings. The van der Waals surface area contributed by atoms with Gasteiger partial charge in [0.1, 0.15) is 5.78 Å². The van der Waals surface area contributed by atoms with Crippen LogP contribution in [0.25, 0.3) is 0 Å². The van der Waals surface area contributed by atoms with Crippen LogP contribution in [0.1, 0.15) is 53.9 Å². The second kappa shape index (κ2) is 4.64. The third kappa shape index (κ3) is 2.33. The highest BCUT2D eigenvalue weighted by atomic mass is 16.1. The number of hydrogen-bond donors (Lipinski definition) is 0. The average molecular weight is 170 g/mol. The van der Waals surface area contributed by atoms with Gasteiger partial charge >= 0.3 is 0 Å². The van der Waals surface area contributed by atoms with Crippen LogP contribution in [-0.4, -0.2) is 5.78 Å². The van der Waals surface area contributed by atoms with E-state index in [9.17, 15) is 4.79 Å². The van der Waals surface area contributed by atoms with Gasteiger partial charge < -0.3 is 0 Å². The maximum Gasteiger partial charge on any atom is 0.141 e. The molecule has 0 aromatic heterocycles. The van der Waals surface area contributed by atoms with Gasteiger partial charge in [0, 0.05) is 11.3 Å². The summed E-state index contributed by atoms with van der Waals surface area (Å²) < 4.78 is 0. The summed E-state index contributed by atoms with van der Waals surface area (Å²) in [5, 5.41) is 0. The van der Waals surface area contributed by atoms with Crippen LogP contribution in [0.5, 0.6) is 0 Å². The summed E-state index contributed by atoms with van der Waals surface area (Å²) in [6.07, 6.45) is 2.90. The maximum absolute atomic E-state index is 11.9. The molecule has 0 aromatic carbocycles. The van der Waals surface area contributed by atoms with E-state index in [1.165, 1.54) is 0 Å². The fourth-order valence-electron chi connectivity index (χ4n) is 1.38. The molecule has 1 atom stereocenters. The number of carbonyl (C=O) groups is 1. The van der Waals surface area contributed by atoms with Crippen molar-refractivity contribution in [2.45, 2.75) is 53.9 Å². The highest BCUT2D eigenvalue weighted by molar-refractivity contribution is 5.86. The quantitative estimate of drug-likeness (QED) is 0.618. The van der Waals surface area contributed by atoms with Gasteiger partial charge in [-0.1, -0.05) is 34.6 Å². The number of rotatable bonds is 5. The normalized spacial score (nSPS) is 14.4. The van der Waals surface area contributed by atoms with Crippen LogP contribution in [0, 0.1) is 11.3 Å². The van der Waals surface area contributed by atoms with Gasteiger partial charge in [-0.3, -0.25) is 4.79 Å². The topological polar surface area (TPSA) is 17.1 Å². The Morgan fingerprint density at radius 3 is 1.92 bits per heavy atom. The predicted molar refractivity (Wildman–Crippen MR) is 53.2 cm³/mol. The molecule has 0 saturated carbocycles. The molecule has 0 rings (SSSR count). The van der Waals surface area contributed by atoms with Crippen molar-refractivity contribution in [3.05, 3.63) is 0 Å². The zero-order valence-electron chi connectivity index (χ0n) is 9.11. The second-order valence-electron chi connectivity index (χ2n) is 3.94. The fraction of sp³-hybridized carbons (Fsp3) is 0.909. The predicted octanol–water partition coefficient (Wildman–Crippen LogP) is 3.43. The molecule has 0 N–H and O–H groups in total. The average Bonchev–Trinajstić information content (AvgIpc) is 2.14. The molecule has 12 heavy (non-hydrogen) atoms. The summed E-state index contributed by atoms with van der Waals surface area (Å²) >= 11 is 0. The van der Waals surface area contributed by atoms with E-state index in [4.69, 9.17) is 0 Å². The molecule has 0 spiro atoms. The van der Waals surface area contributed by atoms with Crippen LogP contribution in [0.4, 0.5) is 0 Å². The summed E-state index contributed by atoms with van der Waals surface area (Å²) in [5.74, 6) is 0.671. The van der Waals surface area contributed by atoms with Crippen molar-refractivity contribution in [3.63, 3.8) is 0 Å². The van der Waals surface area contributed by atoms with Crippen LogP contribution in [0.15, 0.2) is 0 Å². The SMILES string of the molecule is CCC(C)C(=O)C(C)(CC)CC. The molecule has 0 heterocycles. The molecule has 0 amide bonds. The van der Waals surface area contributed by atoms with E-state index in [1.807, 2.05) is 6.92 Å². The molecule has 0 fully saturated rings. The molecular formula is C11H22O. The van der Waals surface area contributed by atoms with Gasteiger partial charge in [0.15, 0.2) is 0 Å². The number of carbonyl (C=O) groups excluding carboxylic acids is 1. The van der Waals surface area contributed by atoms with E-state index in [-0.39, 0.29) is 11.3 Å². The first-order valence-corrected chi connectivity index (χ1v) is 5.06. The van der Waals surface area contributed by atoms with E-state index in [0.717, 1.165) is 19.3 Å². The van der Waals surface area contributed by atoms with Crippen molar-refractivity contribution in [1.82, 2.24) is 0 Å². The Kier molecular flexibility index (Phi) is 4.51. The molecule has 1 unspecified atom stereocenters. The van der Waals surface area contributed by atoms with Crippen LogP contribution in [0.3, 0.4) is 0 Å². The van der Waals surface area contributed by atoms with Gasteiger partial charge in [-0.2, -0.15) is 0 Å². The molecule has 0 saturated heterocycles. The summed E-state index contributed by atoms with van der Waals surface area (Å²) in [7, 11) is 0. The summed E-state index contributed by atoms with van der Waals surface area (Å²) in [6, 6.07) is 0. The lowest BCUT2D eigenvalue weighted by atomic mass is 9.75. The minimum Gasteiger partial charge on any atom is -0.299 e. The van der Waals surface area contributed by atoms with E-state index in [0.29, 0.717) is 5.78 Å². The second-order valence-corrected chi connectivity index (χ2v) is 3.94. The first-order valence-electron chi connectivity index (χ1n) is 5.06. The lowest BCUT2D eigenvalue weighted by molar-refractivity contribution is -0.132. The molecule has 1 heteroatoms. The molecule has 1 nitrogen and oxygen atoms in total. The summed E-state index contributed by atoms with van der Waals surface area (Å²) in [6.45, 7) is 10.4. The van der Waals surface area contributed by atoms with Crippen LogP contribution in [-0.2, 0) is 4.79 Å². The Morgan fingerprint density at radius 1 is 1.25 bits per heavy atom. The molecule has 0 aliphatic carbocycles. The Hall–Kier alpha value is -0.330. The van der Waals surface area contributed by atoms with E-state index in [2.05, 4.69) is 27.7 Å². The maximum atomic E-state index is 11.9. The van der Waals surface area contributed by atoms with E-state index < -0.39 is 0 Å². The Morgan fingerprint density at radius 2 is 1.67 bits per heavy atom. The standard InChI is InChI=1S/C11H22O/c1-6-9(4)10(12)11(5,7-2)8-3/h9H,6-8H2,1-5H3. The monoisotopic (exact) mass is 170 g/mol. The molecule has 72 valence electrons. The van der Waals surface area contributed by atoms with Crippen molar-refractivity contribution in [2.24, 2.45) is 11.3 Å². The summed E-state index contributed by atoms with van der Waals surface area (Å²) in [5.41, 5.74) is -0.0740. The third-order valence-corrected chi connectivity index (χ3v) is 3.22. The van der Waals surface area contributed by atoms with Gasteiger partial charge in [-0.15, -0.1) is 0 Å². The Bertz CT molecular complexity index is 145.